The number of rotatable bonds is 5. The summed E-state index contributed by atoms with van der Waals surface area (Å²) in [5, 5.41) is 6.98. The summed E-state index contributed by atoms with van der Waals surface area (Å²) in [4.78, 5) is 4.35. The summed E-state index contributed by atoms with van der Waals surface area (Å²) in [5.74, 6) is 2.61. The molecule has 0 amide bonds. The number of aromatic nitrogens is 3. The highest BCUT2D eigenvalue weighted by Gasteiger charge is 2.12. The molecule has 0 fully saturated rings. The van der Waals surface area contributed by atoms with Crippen LogP contribution in [0, 0.1) is 0 Å². The topological polar surface area (TPSA) is 86.0 Å². The van der Waals surface area contributed by atoms with Gasteiger partial charge < -0.3 is 15.2 Å². The molecule has 0 aliphatic rings. The lowest BCUT2D eigenvalue weighted by Crippen LogP contribution is -2.06. The largest absolute Gasteiger partial charge is 0.493 e. The summed E-state index contributed by atoms with van der Waals surface area (Å²) in [6.45, 7) is 4.34. The van der Waals surface area contributed by atoms with E-state index in [1.54, 1.807) is 7.11 Å². The molecule has 6 heteroatoms. The van der Waals surface area contributed by atoms with Crippen LogP contribution in [0.3, 0.4) is 0 Å². The number of methoxy groups -OCH3 is 1. The normalized spacial score (nSPS) is 12.2. The minimum atomic E-state index is -0.175. The molecule has 0 aliphatic carbocycles. The molecule has 0 aliphatic heterocycles. The Morgan fingerprint density at radius 2 is 2.16 bits per heavy atom. The molecule has 0 saturated heterocycles. The van der Waals surface area contributed by atoms with Gasteiger partial charge in [0.05, 0.1) is 19.8 Å². The third kappa shape index (κ3) is 2.85. The van der Waals surface area contributed by atoms with E-state index in [1.165, 1.54) is 0 Å². The molecule has 102 valence electrons. The monoisotopic (exact) mass is 262 g/mol. The van der Waals surface area contributed by atoms with Gasteiger partial charge >= 0.3 is 0 Å². The van der Waals surface area contributed by atoms with Gasteiger partial charge in [0, 0.05) is 5.56 Å². The Balaban J connectivity index is 2.35. The van der Waals surface area contributed by atoms with Crippen LogP contribution in [0.2, 0.25) is 0 Å². The molecule has 19 heavy (non-hydrogen) atoms. The molecular formula is C13H18N4O2. The van der Waals surface area contributed by atoms with Crippen LogP contribution in [0.25, 0.3) is 11.4 Å². The second-order valence-electron chi connectivity index (χ2n) is 4.13. The smallest absolute Gasteiger partial charge is 0.181 e. The van der Waals surface area contributed by atoms with Crippen LogP contribution in [0.15, 0.2) is 18.2 Å². The van der Waals surface area contributed by atoms with E-state index in [2.05, 4.69) is 15.2 Å². The molecule has 1 aromatic heterocycles. The Kier molecular flexibility index (Phi) is 4.01. The Morgan fingerprint density at radius 1 is 1.37 bits per heavy atom. The molecule has 1 atom stereocenters. The fraction of sp³-hybridized carbons (Fsp3) is 0.385. The highest BCUT2D eigenvalue weighted by Crippen LogP contribution is 2.31. The van der Waals surface area contributed by atoms with Gasteiger partial charge in [0.15, 0.2) is 17.3 Å². The van der Waals surface area contributed by atoms with Crippen molar-refractivity contribution in [2.75, 3.05) is 13.7 Å². The van der Waals surface area contributed by atoms with Crippen molar-refractivity contribution in [3.8, 4) is 22.9 Å². The van der Waals surface area contributed by atoms with E-state index in [0.717, 1.165) is 5.56 Å². The molecule has 2 rings (SSSR count). The van der Waals surface area contributed by atoms with Gasteiger partial charge in [-0.25, -0.2) is 4.98 Å². The Hall–Kier alpha value is -2.08. The first-order valence-corrected chi connectivity index (χ1v) is 6.14. The average molecular weight is 262 g/mol. The zero-order valence-electron chi connectivity index (χ0n) is 11.3. The van der Waals surface area contributed by atoms with Crippen LogP contribution in [-0.4, -0.2) is 28.9 Å². The van der Waals surface area contributed by atoms with Crippen LogP contribution >= 0.6 is 0 Å². The second-order valence-corrected chi connectivity index (χ2v) is 4.13. The van der Waals surface area contributed by atoms with Crippen molar-refractivity contribution in [2.45, 2.75) is 19.9 Å². The maximum atomic E-state index is 5.75. The number of nitrogens with zero attached hydrogens (tertiary/aromatic N) is 2. The zero-order chi connectivity index (χ0) is 13.8. The third-order valence-electron chi connectivity index (χ3n) is 2.66. The second kappa shape index (κ2) is 5.71. The van der Waals surface area contributed by atoms with Gasteiger partial charge in [-0.05, 0) is 32.0 Å². The molecule has 1 aromatic carbocycles. The predicted molar refractivity (Wildman–Crippen MR) is 72.1 cm³/mol. The van der Waals surface area contributed by atoms with Gasteiger partial charge in [0.2, 0.25) is 0 Å². The maximum Gasteiger partial charge on any atom is 0.181 e. The van der Waals surface area contributed by atoms with E-state index >= 15 is 0 Å². The van der Waals surface area contributed by atoms with Crippen molar-refractivity contribution >= 4 is 0 Å². The fourth-order valence-corrected chi connectivity index (χ4v) is 1.69. The van der Waals surface area contributed by atoms with Gasteiger partial charge in [0.1, 0.15) is 5.82 Å². The summed E-state index contributed by atoms with van der Waals surface area (Å²) >= 11 is 0. The number of H-pyrrole nitrogens is 1. The molecular weight excluding hydrogens is 244 g/mol. The van der Waals surface area contributed by atoms with E-state index in [0.29, 0.717) is 29.8 Å². The summed E-state index contributed by atoms with van der Waals surface area (Å²) < 4.78 is 10.8. The van der Waals surface area contributed by atoms with Crippen LogP contribution in [0.1, 0.15) is 25.7 Å². The van der Waals surface area contributed by atoms with Crippen LogP contribution in [0.4, 0.5) is 0 Å². The number of nitrogens with one attached hydrogen (secondary N) is 1. The van der Waals surface area contributed by atoms with Gasteiger partial charge in [-0.3, -0.25) is 5.10 Å². The molecule has 6 nitrogen and oxygen atoms in total. The van der Waals surface area contributed by atoms with Crippen molar-refractivity contribution in [3.05, 3.63) is 24.0 Å². The van der Waals surface area contributed by atoms with Crippen molar-refractivity contribution in [2.24, 2.45) is 5.73 Å². The standard InChI is InChI=1S/C13H18N4O2/c1-4-19-11-7-9(5-6-10(11)18-3)13-15-12(8(2)14)16-17-13/h5-8H,4,14H2,1-3H3,(H,15,16,17). The first kappa shape index (κ1) is 13.4. The predicted octanol–water partition coefficient (Wildman–Crippen LogP) is 1.90. The highest BCUT2D eigenvalue weighted by atomic mass is 16.5. The summed E-state index contributed by atoms with van der Waals surface area (Å²) in [6.07, 6.45) is 0. The summed E-state index contributed by atoms with van der Waals surface area (Å²) in [7, 11) is 1.61. The van der Waals surface area contributed by atoms with Crippen molar-refractivity contribution in [3.63, 3.8) is 0 Å². The average Bonchev–Trinajstić information content (AvgIpc) is 2.89. The summed E-state index contributed by atoms with van der Waals surface area (Å²) in [6, 6.07) is 5.40. The lowest BCUT2D eigenvalue weighted by molar-refractivity contribution is 0.311. The number of ether oxygens (including phenoxy) is 2. The van der Waals surface area contributed by atoms with E-state index in [4.69, 9.17) is 15.2 Å². The quantitative estimate of drug-likeness (QED) is 0.859. The highest BCUT2D eigenvalue weighted by molar-refractivity contribution is 5.60. The molecule has 2 aromatic rings. The van der Waals surface area contributed by atoms with E-state index in [9.17, 15) is 0 Å². The first-order chi connectivity index (χ1) is 9.15. The van der Waals surface area contributed by atoms with Crippen LogP contribution in [-0.2, 0) is 0 Å². The number of benzene rings is 1. The van der Waals surface area contributed by atoms with Crippen LogP contribution < -0.4 is 15.2 Å². The van der Waals surface area contributed by atoms with E-state index in [1.807, 2.05) is 32.0 Å². The zero-order valence-corrected chi connectivity index (χ0v) is 11.3. The van der Waals surface area contributed by atoms with Gasteiger partial charge in [-0.15, -0.1) is 0 Å². The lowest BCUT2D eigenvalue weighted by Gasteiger charge is -2.09. The molecule has 1 unspecified atom stereocenters. The van der Waals surface area contributed by atoms with Crippen molar-refractivity contribution in [1.29, 1.82) is 0 Å². The van der Waals surface area contributed by atoms with Crippen LogP contribution in [0.5, 0.6) is 11.5 Å². The molecule has 1 heterocycles. The van der Waals surface area contributed by atoms with E-state index < -0.39 is 0 Å². The van der Waals surface area contributed by atoms with Gasteiger partial charge in [-0.2, -0.15) is 5.10 Å². The van der Waals surface area contributed by atoms with Crippen molar-refractivity contribution < 1.29 is 9.47 Å². The van der Waals surface area contributed by atoms with E-state index in [-0.39, 0.29) is 6.04 Å². The lowest BCUT2D eigenvalue weighted by atomic mass is 10.2. The van der Waals surface area contributed by atoms with Crippen molar-refractivity contribution in [1.82, 2.24) is 15.2 Å². The Morgan fingerprint density at radius 3 is 2.74 bits per heavy atom. The molecule has 0 bridgehead atoms. The fourth-order valence-electron chi connectivity index (χ4n) is 1.69. The maximum absolute atomic E-state index is 5.75. The Bertz CT molecular complexity index is 551. The van der Waals surface area contributed by atoms with Gasteiger partial charge in [-0.1, -0.05) is 0 Å². The van der Waals surface area contributed by atoms with Gasteiger partial charge in [0.25, 0.3) is 0 Å². The Labute approximate surface area is 111 Å². The molecule has 3 N–H and O–H groups in total. The number of hydrogen-bond donors (Lipinski definition) is 2. The molecule has 0 saturated carbocycles. The molecule has 0 spiro atoms. The number of nitrogens with two attached hydrogens (primary N) is 1. The number of hydrogen-bond acceptors (Lipinski definition) is 5. The minimum Gasteiger partial charge on any atom is -0.493 e. The summed E-state index contributed by atoms with van der Waals surface area (Å²) in [5.41, 5.74) is 6.60. The molecule has 0 radical (unpaired) electrons. The first-order valence-electron chi connectivity index (χ1n) is 6.14. The SMILES string of the molecule is CCOc1cc(-c2n[nH]c(C(C)N)n2)ccc1OC. The minimum absolute atomic E-state index is 0.175. The number of aromatic amines is 1. The third-order valence-corrected chi connectivity index (χ3v) is 2.66.